The highest BCUT2D eigenvalue weighted by Gasteiger charge is 2.34. The van der Waals surface area contributed by atoms with E-state index in [1.807, 2.05) is 30.3 Å². The molecule has 0 aliphatic rings. The zero-order valence-corrected chi connectivity index (χ0v) is 24.6. The topological polar surface area (TPSA) is 86.8 Å². The molecule has 4 aromatic carbocycles. The van der Waals surface area contributed by atoms with Crippen molar-refractivity contribution in [3.05, 3.63) is 130 Å². The number of benzene rings is 4. The average molecular weight is 611 g/mol. The molecule has 0 aliphatic carbocycles. The van der Waals surface area contributed by atoms with Gasteiger partial charge in [-0.3, -0.25) is 13.9 Å². The van der Waals surface area contributed by atoms with Crippen LogP contribution in [0.25, 0.3) is 0 Å². The summed E-state index contributed by atoms with van der Waals surface area (Å²) in [7, 11) is -2.71. The lowest BCUT2D eigenvalue weighted by Crippen LogP contribution is -2.53. The van der Waals surface area contributed by atoms with Crippen molar-refractivity contribution >= 4 is 50.7 Å². The molecule has 212 valence electrons. The average Bonchev–Trinajstić information content (AvgIpc) is 2.99. The molecule has 7 nitrogen and oxygen atoms in total. The minimum atomic E-state index is -4.21. The zero-order chi connectivity index (χ0) is 29.4. The minimum absolute atomic E-state index is 0.00380. The van der Waals surface area contributed by atoms with Gasteiger partial charge in [0.25, 0.3) is 10.0 Å². The van der Waals surface area contributed by atoms with Crippen LogP contribution in [0.3, 0.4) is 0 Å². The predicted octanol–water partition coefficient (Wildman–Crippen LogP) is 5.57. The number of carbonyl (C=O) groups excluding carboxylic acids is 2. The van der Waals surface area contributed by atoms with E-state index in [4.69, 9.17) is 23.2 Å². The molecule has 1 unspecified atom stereocenters. The Labute approximate surface area is 250 Å². The number of hydrogen-bond donors (Lipinski definition) is 1. The molecule has 0 aromatic heterocycles. The highest BCUT2D eigenvalue weighted by molar-refractivity contribution is 7.92. The molecule has 10 heteroatoms. The van der Waals surface area contributed by atoms with Crippen LogP contribution in [0.15, 0.2) is 114 Å². The fraction of sp³-hybridized carbons (Fsp3) is 0.161. The molecule has 4 rings (SSSR count). The Morgan fingerprint density at radius 1 is 0.780 bits per heavy atom. The number of amides is 2. The van der Waals surface area contributed by atoms with Crippen LogP contribution in [0, 0.1) is 0 Å². The molecule has 0 saturated carbocycles. The second kappa shape index (κ2) is 13.7. The lowest BCUT2D eigenvalue weighted by molar-refractivity contribution is -0.139. The number of sulfonamides is 1. The van der Waals surface area contributed by atoms with E-state index in [1.54, 1.807) is 66.7 Å². The zero-order valence-electron chi connectivity index (χ0n) is 22.3. The van der Waals surface area contributed by atoms with Crippen molar-refractivity contribution in [2.24, 2.45) is 0 Å². The smallest absolute Gasteiger partial charge is 0.264 e. The lowest BCUT2D eigenvalue weighted by atomic mass is 10.0. The fourth-order valence-corrected chi connectivity index (χ4v) is 6.26. The summed E-state index contributed by atoms with van der Waals surface area (Å²) in [6.45, 7) is -0.542. The molecule has 4 aromatic rings. The summed E-state index contributed by atoms with van der Waals surface area (Å²) in [6.07, 6.45) is 0.220. The van der Waals surface area contributed by atoms with E-state index >= 15 is 0 Å². The molecule has 0 bridgehead atoms. The van der Waals surface area contributed by atoms with Gasteiger partial charge in [-0.05, 0) is 47.5 Å². The quantitative estimate of drug-likeness (QED) is 0.241. The third-order valence-corrected chi connectivity index (χ3v) is 8.86. The van der Waals surface area contributed by atoms with Gasteiger partial charge in [0, 0.05) is 25.0 Å². The Balaban J connectivity index is 1.78. The maximum Gasteiger partial charge on any atom is 0.264 e. The van der Waals surface area contributed by atoms with E-state index in [2.05, 4.69) is 5.32 Å². The fourth-order valence-electron chi connectivity index (χ4n) is 4.39. The number of carbonyl (C=O) groups is 2. The molecule has 0 spiro atoms. The largest absolute Gasteiger partial charge is 0.357 e. The van der Waals surface area contributed by atoms with Gasteiger partial charge < -0.3 is 10.2 Å². The number of halogens is 2. The van der Waals surface area contributed by atoms with E-state index in [1.165, 1.54) is 24.1 Å². The van der Waals surface area contributed by atoms with Gasteiger partial charge >= 0.3 is 0 Å². The molecule has 0 fully saturated rings. The van der Waals surface area contributed by atoms with Crippen molar-refractivity contribution in [1.29, 1.82) is 0 Å². The Hall–Kier alpha value is -3.85. The number of anilines is 1. The van der Waals surface area contributed by atoms with Crippen molar-refractivity contribution in [2.45, 2.75) is 23.9 Å². The van der Waals surface area contributed by atoms with Crippen LogP contribution in [0.4, 0.5) is 5.69 Å². The van der Waals surface area contributed by atoms with Crippen molar-refractivity contribution in [2.75, 3.05) is 17.9 Å². The third-order valence-electron chi connectivity index (χ3n) is 6.51. The Kier molecular flexibility index (Phi) is 10.0. The molecule has 2 amide bonds. The first-order chi connectivity index (χ1) is 19.7. The number of nitrogens with one attached hydrogen (secondary N) is 1. The van der Waals surface area contributed by atoms with Crippen LogP contribution in [-0.2, 0) is 32.6 Å². The number of rotatable bonds is 11. The molecule has 1 atom stereocenters. The summed E-state index contributed by atoms with van der Waals surface area (Å²) >= 11 is 12.5. The van der Waals surface area contributed by atoms with Gasteiger partial charge in [-0.25, -0.2) is 8.42 Å². The van der Waals surface area contributed by atoms with Gasteiger partial charge in [-0.1, -0.05) is 96.0 Å². The van der Waals surface area contributed by atoms with Gasteiger partial charge in [0.1, 0.15) is 12.6 Å². The number of nitrogens with zero attached hydrogens (tertiary/aromatic N) is 2. The van der Waals surface area contributed by atoms with Crippen LogP contribution < -0.4 is 9.62 Å². The standard InChI is InChI=1S/C31H29Cl2N3O4S/c1-34-31(38)29(20-23-10-4-2-5-11-23)35(21-24-16-18-25(32)19-17-24)30(37)22-36(28-15-9-8-14-27(28)33)41(39,40)26-12-6-3-7-13-26/h2-19,29H,20-22H2,1H3,(H,34,38). The molecule has 1 N–H and O–H groups in total. The van der Waals surface area contributed by atoms with Gasteiger partial charge in [-0.2, -0.15) is 0 Å². The summed E-state index contributed by atoms with van der Waals surface area (Å²) in [6, 6.07) is 29.6. The summed E-state index contributed by atoms with van der Waals surface area (Å²) in [4.78, 5) is 28.9. The van der Waals surface area contributed by atoms with Gasteiger partial charge in [0.05, 0.1) is 15.6 Å². The monoisotopic (exact) mass is 609 g/mol. The molecular formula is C31H29Cl2N3O4S. The van der Waals surface area contributed by atoms with Crippen molar-refractivity contribution < 1.29 is 18.0 Å². The highest BCUT2D eigenvalue weighted by Crippen LogP contribution is 2.31. The Morgan fingerprint density at radius 3 is 1.98 bits per heavy atom. The van der Waals surface area contributed by atoms with Crippen LogP contribution in [0.5, 0.6) is 0 Å². The second-order valence-electron chi connectivity index (χ2n) is 9.24. The van der Waals surface area contributed by atoms with E-state index in [0.29, 0.717) is 5.02 Å². The highest BCUT2D eigenvalue weighted by atomic mass is 35.5. The van der Waals surface area contributed by atoms with Gasteiger partial charge in [0.15, 0.2) is 0 Å². The number of para-hydroxylation sites is 1. The lowest BCUT2D eigenvalue weighted by Gasteiger charge is -2.33. The van der Waals surface area contributed by atoms with E-state index in [9.17, 15) is 18.0 Å². The number of likely N-dealkylation sites (N-methyl/N-ethyl adjacent to an activating group) is 1. The molecule has 0 radical (unpaired) electrons. The van der Waals surface area contributed by atoms with Crippen molar-refractivity contribution in [3.8, 4) is 0 Å². The first-order valence-corrected chi connectivity index (χ1v) is 15.0. The SMILES string of the molecule is CNC(=O)C(Cc1ccccc1)N(Cc1ccc(Cl)cc1)C(=O)CN(c1ccccc1Cl)S(=O)(=O)c1ccccc1. The second-order valence-corrected chi connectivity index (χ2v) is 11.9. The predicted molar refractivity (Wildman–Crippen MR) is 162 cm³/mol. The minimum Gasteiger partial charge on any atom is -0.357 e. The first kappa shape index (κ1) is 30.1. The Bertz CT molecular complexity index is 1580. The normalized spacial score (nSPS) is 11.9. The van der Waals surface area contributed by atoms with Crippen molar-refractivity contribution in [3.63, 3.8) is 0 Å². The molecular weight excluding hydrogens is 581 g/mol. The summed E-state index contributed by atoms with van der Waals surface area (Å²) in [5, 5.41) is 3.35. The molecule has 0 saturated heterocycles. The van der Waals surface area contributed by atoms with Gasteiger partial charge in [-0.15, -0.1) is 0 Å². The third kappa shape index (κ3) is 7.47. The van der Waals surface area contributed by atoms with Crippen LogP contribution in [0.2, 0.25) is 10.0 Å². The van der Waals surface area contributed by atoms with Crippen LogP contribution >= 0.6 is 23.2 Å². The summed E-state index contributed by atoms with van der Waals surface area (Å²) in [5.74, 6) is -0.963. The maximum absolute atomic E-state index is 14.2. The van der Waals surface area contributed by atoms with E-state index in [-0.39, 0.29) is 34.5 Å². The van der Waals surface area contributed by atoms with E-state index in [0.717, 1.165) is 15.4 Å². The maximum atomic E-state index is 14.2. The number of hydrogen-bond acceptors (Lipinski definition) is 4. The summed E-state index contributed by atoms with van der Waals surface area (Å²) in [5.41, 5.74) is 1.71. The molecule has 0 aliphatic heterocycles. The van der Waals surface area contributed by atoms with Crippen LogP contribution in [-0.4, -0.2) is 44.8 Å². The first-order valence-electron chi connectivity index (χ1n) is 12.8. The van der Waals surface area contributed by atoms with Crippen molar-refractivity contribution in [1.82, 2.24) is 10.2 Å². The van der Waals surface area contributed by atoms with E-state index < -0.39 is 28.5 Å². The summed E-state index contributed by atoms with van der Waals surface area (Å²) < 4.78 is 28.8. The van der Waals surface area contributed by atoms with Gasteiger partial charge in [0.2, 0.25) is 11.8 Å². The Morgan fingerprint density at radius 2 is 1.37 bits per heavy atom. The van der Waals surface area contributed by atoms with Crippen LogP contribution in [0.1, 0.15) is 11.1 Å². The molecule has 41 heavy (non-hydrogen) atoms. The molecule has 0 heterocycles.